The Morgan fingerprint density at radius 2 is 1.54 bits per heavy atom. The molecular weight excluding hydrogens is 593 g/mol. The Bertz CT molecular complexity index is 1450. The van der Waals surface area contributed by atoms with Gasteiger partial charge >= 0.3 is 11.9 Å². The van der Waals surface area contributed by atoms with Crippen molar-refractivity contribution in [3.05, 3.63) is 80.6 Å². The Morgan fingerprint density at radius 3 is 2.12 bits per heavy atom. The molecule has 218 valence electrons. The van der Waals surface area contributed by atoms with Gasteiger partial charge in [0.1, 0.15) is 5.75 Å². The number of amides is 1. The number of nitrogens with one attached hydrogen (secondary N) is 1. The van der Waals surface area contributed by atoms with E-state index in [1.807, 2.05) is 7.05 Å². The number of para-hydroxylation sites is 1. The highest BCUT2D eigenvalue weighted by Gasteiger charge is 2.41. The second-order valence-corrected chi connectivity index (χ2v) is 11.8. The van der Waals surface area contributed by atoms with Gasteiger partial charge in [-0.3, -0.25) is 9.00 Å². The molecule has 2 unspecified atom stereocenters. The highest BCUT2D eigenvalue weighted by Crippen LogP contribution is 2.45. The van der Waals surface area contributed by atoms with Crippen molar-refractivity contribution in [2.75, 3.05) is 46.1 Å². The zero-order valence-corrected chi connectivity index (χ0v) is 24.7. The molecule has 2 aromatic rings. The third-order valence-corrected chi connectivity index (χ3v) is 9.09. The Morgan fingerprint density at radius 1 is 0.951 bits per heavy atom. The average Bonchev–Trinajstić information content (AvgIpc) is 2.92. The fourth-order valence-electron chi connectivity index (χ4n) is 4.98. The summed E-state index contributed by atoms with van der Waals surface area (Å²) >= 11 is 13.0. The van der Waals surface area contributed by atoms with Gasteiger partial charge in [0.2, 0.25) is 5.91 Å². The first-order valence-electron chi connectivity index (χ1n) is 12.6. The first-order chi connectivity index (χ1) is 19.5. The van der Waals surface area contributed by atoms with Gasteiger partial charge in [-0.25, -0.2) is 9.59 Å². The number of aliphatic carboxylic acids is 2. The van der Waals surface area contributed by atoms with Crippen molar-refractivity contribution < 1.29 is 33.5 Å². The molecule has 13 heteroatoms. The van der Waals surface area contributed by atoms with E-state index in [9.17, 15) is 28.8 Å². The van der Waals surface area contributed by atoms with E-state index in [4.69, 9.17) is 27.9 Å². The fourth-order valence-corrected chi connectivity index (χ4v) is 6.84. The maximum Gasteiger partial charge on any atom is 0.334 e. The molecule has 0 radical (unpaired) electrons. The largest absolute Gasteiger partial charge is 0.495 e. The van der Waals surface area contributed by atoms with E-state index in [1.165, 1.54) is 19.2 Å². The van der Waals surface area contributed by atoms with Gasteiger partial charge in [0.25, 0.3) is 0 Å². The van der Waals surface area contributed by atoms with E-state index >= 15 is 0 Å². The number of dihydropyridines is 1. The lowest BCUT2D eigenvalue weighted by Gasteiger charge is -2.35. The summed E-state index contributed by atoms with van der Waals surface area (Å²) < 4.78 is 18.9. The van der Waals surface area contributed by atoms with E-state index in [-0.39, 0.29) is 56.2 Å². The van der Waals surface area contributed by atoms with Gasteiger partial charge in [-0.1, -0.05) is 41.4 Å². The highest BCUT2D eigenvalue weighted by molar-refractivity contribution is 7.85. The molecule has 0 spiro atoms. The van der Waals surface area contributed by atoms with Crippen LogP contribution >= 0.6 is 23.2 Å². The molecule has 41 heavy (non-hydrogen) atoms. The van der Waals surface area contributed by atoms with Crippen LogP contribution in [0.3, 0.4) is 0 Å². The summed E-state index contributed by atoms with van der Waals surface area (Å²) in [4.78, 5) is 42.9. The van der Waals surface area contributed by atoms with Gasteiger partial charge in [-0.05, 0) is 31.3 Å². The molecule has 2 aromatic carbocycles. The van der Waals surface area contributed by atoms with Crippen LogP contribution < -0.4 is 10.1 Å². The van der Waals surface area contributed by atoms with Crippen LogP contribution in [0.4, 0.5) is 0 Å². The predicted molar refractivity (Wildman–Crippen MR) is 155 cm³/mol. The van der Waals surface area contributed by atoms with Crippen molar-refractivity contribution in [3.63, 3.8) is 0 Å². The molecule has 1 amide bonds. The molecule has 0 aliphatic carbocycles. The number of methoxy groups -OCH3 is 1. The lowest BCUT2D eigenvalue weighted by Crippen LogP contribution is -2.47. The average molecular weight is 623 g/mol. The molecule has 4 rings (SSSR count). The van der Waals surface area contributed by atoms with E-state index in [0.29, 0.717) is 36.8 Å². The number of halogens is 2. The molecule has 2 heterocycles. The molecular formula is C28H29Cl2N3O7S. The lowest BCUT2D eigenvalue weighted by atomic mass is 9.79. The van der Waals surface area contributed by atoms with Crippen LogP contribution in [-0.4, -0.2) is 88.2 Å². The maximum atomic E-state index is 13.6. The second kappa shape index (κ2) is 13.1. The number of piperazine rings is 1. The maximum absolute atomic E-state index is 13.6. The summed E-state index contributed by atoms with van der Waals surface area (Å²) in [5.74, 6) is -4.66. The number of likely N-dealkylation sites (N-methyl/N-ethyl adjacent to an activating group) is 1. The summed E-state index contributed by atoms with van der Waals surface area (Å²) in [6.07, 6.45) is -0.346. The van der Waals surface area contributed by atoms with Crippen LogP contribution in [0.25, 0.3) is 0 Å². The number of benzene rings is 2. The molecule has 2 aliphatic rings. The van der Waals surface area contributed by atoms with Gasteiger partial charge in [-0.15, -0.1) is 0 Å². The third-order valence-electron chi connectivity index (χ3n) is 7.05. The second-order valence-electron chi connectivity index (χ2n) is 9.59. The number of carbonyl (C=O) groups excluding carboxylic acids is 1. The minimum absolute atomic E-state index is 0.0144. The van der Waals surface area contributed by atoms with E-state index in [2.05, 4.69) is 10.2 Å². The van der Waals surface area contributed by atoms with E-state index in [0.717, 1.165) is 0 Å². The standard InChI is InChI=1S/C28H29Cl2N3O7S/c1-32-10-12-33(13-11-32)22(34)14-18-24(27(35)36)26(23-16(29)6-5-7-17(23)30)25(28(37)38)19(31-18)15-41(39)21-9-4-3-8-20(21)40-2/h3-9,26,31H,10-15H2,1-2H3,(H,35,36)(H,37,38). The molecule has 0 bridgehead atoms. The zero-order valence-electron chi connectivity index (χ0n) is 22.4. The Hall–Kier alpha value is -3.38. The number of carboxylic acids is 2. The van der Waals surface area contributed by atoms with Crippen molar-refractivity contribution in [2.45, 2.75) is 17.2 Å². The molecule has 1 saturated heterocycles. The smallest absolute Gasteiger partial charge is 0.334 e. The summed E-state index contributed by atoms with van der Waals surface area (Å²) in [6, 6.07) is 11.1. The fraction of sp³-hybridized carbons (Fsp3) is 0.321. The van der Waals surface area contributed by atoms with Crippen molar-refractivity contribution in [1.82, 2.24) is 15.1 Å². The number of nitrogens with zero attached hydrogens (tertiary/aromatic N) is 2. The Kier molecular flexibility index (Phi) is 9.75. The normalized spacial score (nSPS) is 18.6. The molecule has 0 aromatic heterocycles. The van der Waals surface area contributed by atoms with Gasteiger partial charge in [0.05, 0.1) is 52.0 Å². The van der Waals surface area contributed by atoms with Crippen LogP contribution in [-0.2, 0) is 25.2 Å². The van der Waals surface area contributed by atoms with Crippen LogP contribution in [0.2, 0.25) is 10.0 Å². The molecule has 0 saturated carbocycles. The van der Waals surface area contributed by atoms with Crippen molar-refractivity contribution >= 4 is 51.8 Å². The number of rotatable bonds is 9. The number of hydrogen-bond donors (Lipinski definition) is 3. The van der Waals surface area contributed by atoms with Crippen molar-refractivity contribution in [2.24, 2.45) is 0 Å². The summed E-state index contributed by atoms with van der Waals surface area (Å²) in [7, 11) is 1.56. The SMILES string of the molecule is COc1ccccc1S(=O)CC1=C(C(=O)O)C(c2c(Cl)cccc2Cl)C(C(=O)O)=C(CC(=O)N2CCN(C)CC2)N1. The Labute approximate surface area is 249 Å². The number of ether oxygens (including phenoxy) is 1. The minimum Gasteiger partial charge on any atom is -0.495 e. The van der Waals surface area contributed by atoms with Crippen LogP contribution in [0.1, 0.15) is 17.9 Å². The lowest BCUT2D eigenvalue weighted by molar-refractivity contribution is -0.133. The monoisotopic (exact) mass is 621 g/mol. The van der Waals surface area contributed by atoms with Crippen molar-refractivity contribution in [3.8, 4) is 5.75 Å². The highest BCUT2D eigenvalue weighted by atomic mass is 35.5. The van der Waals surface area contributed by atoms with E-state index in [1.54, 1.807) is 35.2 Å². The van der Waals surface area contributed by atoms with Crippen molar-refractivity contribution in [1.29, 1.82) is 0 Å². The number of carboxylic acid groups (broad SMARTS) is 2. The Balaban J connectivity index is 1.86. The molecule has 2 atom stereocenters. The van der Waals surface area contributed by atoms with Gasteiger partial charge in [0.15, 0.2) is 0 Å². The summed E-state index contributed by atoms with van der Waals surface area (Å²) in [5, 5.41) is 23.8. The number of carbonyl (C=O) groups is 3. The topological polar surface area (TPSA) is 136 Å². The first kappa shape index (κ1) is 30.6. The quantitative estimate of drug-likeness (QED) is 0.385. The predicted octanol–water partition coefficient (Wildman–Crippen LogP) is 3.34. The van der Waals surface area contributed by atoms with Crippen LogP contribution in [0.15, 0.2) is 69.9 Å². The number of hydrogen-bond acceptors (Lipinski definition) is 7. The summed E-state index contributed by atoms with van der Waals surface area (Å²) in [6.45, 7) is 2.25. The van der Waals surface area contributed by atoms with Gasteiger partial charge in [0, 0.05) is 53.2 Å². The molecule has 3 N–H and O–H groups in total. The van der Waals surface area contributed by atoms with Crippen LogP contribution in [0.5, 0.6) is 5.75 Å². The first-order valence-corrected chi connectivity index (χ1v) is 14.7. The van der Waals surface area contributed by atoms with Gasteiger partial charge < -0.3 is 30.1 Å². The minimum atomic E-state index is -1.82. The zero-order chi connectivity index (χ0) is 29.8. The van der Waals surface area contributed by atoms with Gasteiger partial charge in [-0.2, -0.15) is 0 Å². The van der Waals surface area contributed by atoms with Crippen LogP contribution in [0, 0.1) is 0 Å². The molecule has 2 aliphatic heterocycles. The molecule has 1 fully saturated rings. The third kappa shape index (κ3) is 6.59. The molecule has 10 nitrogen and oxygen atoms in total. The van der Waals surface area contributed by atoms with E-state index < -0.39 is 28.7 Å². The summed E-state index contributed by atoms with van der Waals surface area (Å²) in [5.41, 5.74) is -0.714.